The fourth-order valence-electron chi connectivity index (χ4n) is 5.97. The largest absolute Gasteiger partial charge is 0.433 e. The molecule has 1 aliphatic carbocycles. The molecule has 2 aromatic heterocycles. The van der Waals surface area contributed by atoms with E-state index in [9.17, 15) is 22.4 Å². The Labute approximate surface area is 233 Å². The molecule has 3 aromatic rings. The average Bonchev–Trinajstić information content (AvgIpc) is 3.50. The number of carbonyl (C=O) groups is 1. The summed E-state index contributed by atoms with van der Waals surface area (Å²) in [6.07, 6.45) is -2.46. The zero-order chi connectivity index (χ0) is 28.4. The second kappa shape index (κ2) is 9.85. The highest BCUT2D eigenvalue weighted by Gasteiger charge is 2.50. The number of benzene rings is 1. The number of amides is 1. The molecule has 6 rings (SSSR count). The highest BCUT2D eigenvalue weighted by molar-refractivity contribution is 6.34. The number of halogens is 5. The maximum absolute atomic E-state index is 14.5. The van der Waals surface area contributed by atoms with Crippen molar-refractivity contribution >= 4 is 39.8 Å². The minimum atomic E-state index is -4.55. The third-order valence-corrected chi connectivity index (χ3v) is 8.78. The van der Waals surface area contributed by atoms with Crippen LogP contribution in [-0.4, -0.2) is 76.7 Å². The van der Waals surface area contributed by atoms with Crippen molar-refractivity contribution in [3.8, 4) is 0 Å². The molecule has 2 saturated heterocycles. The lowest BCUT2D eigenvalue weighted by atomic mass is 9.96. The third-order valence-electron chi connectivity index (χ3n) is 8.48. The number of carbonyl (C=O) groups excluding carboxylic acids is 1. The van der Waals surface area contributed by atoms with Crippen molar-refractivity contribution in [1.82, 2.24) is 19.7 Å². The van der Waals surface area contributed by atoms with E-state index in [1.54, 1.807) is 12.3 Å². The number of ether oxygens (including phenoxy) is 1. The number of anilines is 2. The summed E-state index contributed by atoms with van der Waals surface area (Å²) in [5, 5.41) is 8.68. The quantitative estimate of drug-likeness (QED) is 0.444. The van der Waals surface area contributed by atoms with Gasteiger partial charge in [-0.3, -0.25) is 14.4 Å². The van der Waals surface area contributed by atoms with Crippen molar-refractivity contribution < 1.29 is 27.1 Å². The molecule has 1 saturated carbocycles. The molecule has 40 heavy (non-hydrogen) atoms. The molecule has 3 aliphatic rings. The Morgan fingerprint density at radius 2 is 1.90 bits per heavy atom. The SMILES string of the molecule is Cn1ncc(C2CC2C(=O)Nc2cc3cc(N4CCN(C5(C)COCC5F)CC4)c(Cl)cc3cn2)c1C(F)(F)F. The maximum Gasteiger partial charge on any atom is 0.433 e. The molecule has 3 fully saturated rings. The molecule has 13 heteroatoms. The van der Waals surface area contributed by atoms with Gasteiger partial charge in [-0.25, -0.2) is 9.37 Å². The van der Waals surface area contributed by atoms with Gasteiger partial charge in [0.1, 0.15) is 17.7 Å². The molecule has 4 unspecified atom stereocenters. The predicted molar refractivity (Wildman–Crippen MR) is 142 cm³/mol. The number of aryl methyl sites for hydroxylation is 1. The van der Waals surface area contributed by atoms with Crippen LogP contribution in [0, 0.1) is 5.92 Å². The number of nitrogens with one attached hydrogen (secondary N) is 1. The van der Waals surface area contributed by atoms with E-state index in [0.717, 1.165) is 21.1 Å². The summed E-state index contributed by atoms with van der Waals surface area (Å²) in [5.41, 5.74) is -0.570. The normalized spacial score (nSPS) is 27.4. The third kappa shape index (κ3) is 4.79. The zero-order valence-corrected chi connectivity index (χ0v) is 22.8. The van der Waals surface area contributed by atoms with Crippen molar-refractivity contribution in [2.75, 3.05) is 49.6 Å². The van der Waals surface area contributed by atoms with Gasteiger partial charge in [-0.15, -0.1) is 0 Å². The monoisotopic (exact) mass is 580 g/mol. The first-order valence-corrected chi connectivity index (χ1v) is 13.5. The zero-order valence-electron chi connectivity index (χ0n) is 22.0. The Bertz CT molecular complexity index is 1460. The van der Waals surface area contributed by atoms with Crippen LogP contribution in [0.1, 0.15) is 30.5 Å². The van der Waals surface area contributed by atoms with Gasteiger partial charge in [0.05, 0.1) is 35.7 Å². The van der Waals surface area contributed by atoms with Gasteiger partial charge in [-0.05, 0) is 42.8 Å². The number of rotatable bonds is 5. The van der Waals surface area contributed by atoms with Crippen molar-refractivity contribution in [2.24, 2.45) is 13.0 Å². The van der Waals surface area contributed by atoms with Crippen LogP contribution in [0.4, 0.5) is 29.1 Å². The molecule has 0 bridgehead atoms. The smallest absolute Gasteiger partial charge is 0.376 e. The van der Waals surface area contributed by atoms with Crippen LogP contribution >= 0.6 is 11.6 Å². The van der Waals surface area contributed by atoms with Crippen LogP contribution in [-0.2, 0) is 22.8 Å². The number of alkyl halides is 4. The second-order valence-electron chi connectivity index (χ2n) is 11.0. The summed E-state index contributed by atoms with van der Waals surface area (Å²) < 4.78 is 61.1. The van der Waals surface area contributed by atoms with E-state index in [0.29, 0.717) is 50.0 Å². The highest BCUT2D eigenvalue weighted by atomic mass is 35.5. The van der Waals surface area contributed by atoms with Gasteiger partial charge in [0, 0.05) is 56.3 Å². The van der Waals surface area contributed by atoms with Gasteiger partial charge in [-0.2, -0.15) is 18.3 Å². The summed E-state index contributed by atoms with van der Waals surface area (Å²) in [5.74, 6) is -1.20. The molecule has 1 N–H and O–H groups in total. The van der Waals surface area contributed by atoms with E-state index in [2.05, 4.69) is 25.2 Å². The lowest BCUT2D eigenvalue weighted by Crippen LogP contribution is -2.59. The Balaban J connectivity index is 1.15. The summed E-state index contributed by atoms with van der Waals surface area (Å²) in [7, 11) is 1.24. The molecule has 8 nitrogen and oxygen atoms in total. The van der Waals surface area contributed by atoms with Gasteiger partial charge in [0.2, 0.25) is 5.91 Å². The Kier molecular flexibility index (Phi) is 6.70. The Morgan fingerprint density at radius 3 is 2.58 bits per heavy atom. The molecular formula is C27H29ClF4N6O2. The molecule has 1 amide bonds. The van der Waals surface area contributed by atoms with Crippen LogP contribution < -0.4 is 10.2 Å². The number of nitrogens with zero attached hydrogens (tertiary/aromatic N) is 5. The van der Waals surface area contributed by atoms with E-state index in [-0.39, 0.29) is 18.1 Å². The number of hydrogen-bond donors (Lipinski definition) is 1. The predicted octanol–water partition coefficient (Wildman–Crippen LogP) is 4.63. The second-order valence-corrected chi connectivity index (χ2v) is 11.4. The number of piperazine rings is 1. The Hall–Kier alpha value is -2.96. The summed E-state index contributed by atoms with van der Waals surface area (Å²) >= 11 is 6.63. The first-order chi connectivity index (χ1) is 19.0. The molecule has 0 spiro atoms. The highest BCUT2D eigenvalue weighted by Crippen LogP contribution is 2.51. The Morgan fingerprint density at radius 1 is 1.15 bits per heavy atom. The average molecular weight is 581 g/mol. The van der Waals surface area contributed by atoms with Crippen LogP contribution in [0.5, 0.6) is 0 Å². The van der Waals surface area contributed by atoms with Gasteiger partial charge in [-0.1, -0.05) is 11.6 Å². The minimum Gasteiger partial charge on any atom is -0.376 e. The van der Waals surface area contributed by atoms with Crippen molar-refractivity contribution in [2.45, 2.75) is 37.1 Å². The van der Waals surface area contributed by atoms with Crippen molar-refractivity contribution in [1.29, 1.82) is 0 Å². The molecule has 2 aliphatic heterocycles. The molecular weight excluding hydrogens is 552 g/mol. The van der Waals surface area contributed by atoms with Crippen LogP contribution in [0.3, 0.4) is 0 Å². The van der Waals surface area contributed by atoms with E-state index in [1.807, 2.05) is 19.1 Å². The standard InChI is InChI=1S/C27H29ClF4N6O2/c1-26(14-40-13-22(26)29)38-5-3-37(4-6-38)21-8-15-9-23(33-11-16(15)7-20(21)28)35-25(39)18-10-17(18)19-12-34-36(2)24(19)27(30,31)32/h7-9,11-12,17-18,22H,3-6,10,13-14H2,1-2H3,(H,33,35,39). The van der Waals surface area contributed by atoms with Crippen LogP contribution in [0.15, 0.2) is 30.6 Å². The minimum absolute atomic E-state index is 0.0393. The molecule has 214 valence electrons. The number of pyridine rings is 1. The lowest BCUT2D eigenvalue weighted by molar-refractivity contribution is -0.144. The van der Waals surface area contributed by atoms with E-state index >= 15 is 0 Å². The fraction of sp³-hybridized carbons (Fsp3) is 0.519. The topological polar surface area (TPSA) is 75.5 Å². The maximum atomic E-state index is 14.5. The van der Waals surface area contributed by atoms with Gasteiger partial charge in [0.15, 0.2) is 0 Å². The summed E-state index contributed by atoms with van der Waals surface area (Å²) in [4.78, 5) is 21.5. The summed E-state index contributed by atoms with van der Waals surface area (Å²) in [6.45, 7) is 5.07. The van der Waals surface area contributed by atoms with Gasteiger partial charge < -0.3 is 15.0 Å². The van der Waals surface area contributed by atoms with Crippen molar-refractivity contribution in [3.63, 3.8) is 0 Å². The number of hydrogen-bond acceptors (Lipinski definition) is 6. The number of fused-ring (bicyclic) bond motifs is 1. The van der Waals surface area contributed by atoms with Crippen molar-refractivity contribution in [3.05, 3.63) is 46.9 Å². The molecule has 1 aromatic carbocycles. The first-order valence-electron chi connectivity index (χ1n) is 13.2. The van der Waals surface area contributed by atoms with E-state index in [1.165, 1.54) is 13.2 Å². The lowest BCUT2D eigenvalue weighted by Gasteiger charge is -2.44. The van der Waals surface area contributed by atoms with Gasteiger partial charge in [0.25, 0.3) is 0 Å². The van der Waals surface area contributed by atoms with E-state index in [4.69, 9.17) is 16.3 Å². The molecule has 4 heterocycles. The van der Waals surface area contributed by atoms with Crippen LogP contribution in [0.25, 0.3) is 10.8 Å². The molecule has 4 atom stereocenters. The fourth-order valence-corrected chi connectivity index (χ4v) is 6.26. The first kappa shape index (κ1) is 27.2. The molecule has 0 radical (unpaired) electrons. The van der Waals surface area contributed by atoms with Gasteiger partial charge >= 0.3 is 6.18 Å². The summed E-state index contributed by atoms with van der Waals surface area (Å²) in [6, 6.07) is 5.49. The van der Waals surface area contributed by atoms with E-state index < -0.39 is 35.4 Å². The number of aromatic nitrogens is 3. The van der Waals surface area contributed by atoms with Crippen LogP contribution in [0.2, 0.25) is 5.02 Å².